The molecule has 18 heavy (non-hydrogen) atoms. The zero-order chi connectivity index (χ0) is 13.4. The van der Waals surface area contributed by atoms with E-state index in [-0.39, 0.29) is 11.7 Å². The number of rotatable bonds is 5. The maximum absolute atomic E-state index is 11.7. The zero-order valence-corrected chi connectivity index (χ0v) is 12.3. The molecular weight excluding hydrogens is 220 g/mol. The minimum absolute atomic E-state index is 0.270. The minimum atomic E-state index is 0.270. The second kappa shape index (κ2) is 8.50. The van der Waals surface area contributed by atoms with Gasteiger partial charge in [-0.3, -0.25) is 4.79 Å². The van der Waals surface area contributed by atoms with E-state index >= 15 is 0 Å². The van der Waals surface area contributed by atoms with Crippen LogP contribution in [-0.2, 0) is 4.79 Å². The summed E-state index contributed by atoms with van der Waals surface area (Å²) in [6, 6.07) is 0. The first-order chi connectivity index (χ1) is 8.63. The summed E-state index contributed by atoms with van der Waals surface area (Å²) in [7, 11) is 0. The summed E-state index contributed by atoms with van der Waals surface area (Å²) in [4.78, 5) is 11.7. The summed E-state index contributed by atoms with van der Waals surface area (Å²) in [6.45, 7) is 8.25. The van der Waals surface area contributed by atoms with Crippen molar-refractivity contribution < 1.29 is 4.79 Å². The van der Waals surface area contributed by atoms with Crippen LogP contribution in [0, 0.1) is 17.8 Å². The number of carbonyl (C=O) groups excluding carboxylic acids is 1. The molecule has 104 valence electrons. The van der Waals surface area contributed by atoms with Gasteiger partial charge >= 0.3 is 0 Å². The molecule has 1 fully saturated rings. The highest BCUT2D eigenvalue weighted by Gasteiger charge is 2.19. The first-order valence-corrected chi connectivity index (χ1v) is 7.79. The first-order valence-electron chi connectivity index (χ1n) is 7.79. The average molecular weight is 250 g/mol. The highest BCUT2D eigenvalue weighted by molar-refractivity contribution is 5.91. The lowest BCUT2D eigenvalue weighted by Gasteiger charge is -2.17. The quantitative estimate of drug-likeness (QED) is 0.616. The molecule has 0 spiro atoms. The average Bonchev–Trinajstić information content (AvgIpc) is 2.47. The van der Waals surface area contributed by atoms with Crippen molar-refractivity contribution in [1.82, 2.24) is 0 Å². The lowest BCUT2D eigenvalue weighted by Crippen LogP contribution is -2.11. The molecule has 0 aromatic rings. The largest absolute Gasteiger partial charge is 0.295 e. The Morgan fingerprint density at radius 2 is 1.78 bits per heavy atom. The molecule has 1 rings (SSSR count). The van der Waals surface area contributed by atoms with E-state index in [0.717, 1.165) is 24.7 Å². The molecule has 0 aromatic heterocycles. The summed E-state index contributed by atoms with van der Waals surface area (Å²) in [6.07, 6.45) is 12.9. The van der Waals surface area contributed by atoms with Gasteiger partial charge in [0.05, 0.1) is 0 Å². The maximum Gasteiger partial charge on any atom is 0.158 e. The van der Waals surface area contributed by atoms with Crippen molar-refractivity contribution in [3.05, 3.63) is 12.7 Å². The van der Waals surface area contributed by atoms with E-state index in [2.05, 4.69) is 20.4 Å². The molecule has 2 atom stereocenters. The van der Waals surface area contributed by atoms with Crippen LogP contribution in [0.2, 0.25) is 0 Å². The fourth-order valence-electron chi connectivity index (χ4n) is 3.07. The molecule has 1 aliphatic rings. The van der Waals surface area contributed by atoms with Gasteiger partial charge in [-0.05, 0) is 30.8 Å². The molecule has 0 aliphatic heterocycles. The van der Waals surface area contributed by atoms with Gasteiger partial charge in [-0.1, -0.05) is 65.4 Å². The van der Waals surface area contributed by atoms with Crippen LogP contribution in [0.3, 0.4) is 0 Å². The van der Waals surface area contributed by atoms with Gasteiger partial charge in [0, 0.05) is 5.92 Å². The molecular formula is C17H30O. The van der Waals surface area contributed by atoms with Gasteiger partial charge in [-0.25, -0.2) is 0 Å². The van der Waals surface area contributed by atoms with Crippen molar-refractivity contribution in [1.29, 1.82) is 0 Å². The number of carbonyl (C=O) groups is 1. The molecule has 0 N–H and O–H groups in total. The van der Waals surface area contributed by atoms with Crippen molar-refractivity contribution in [3.8, 4) is 0 Å². The van der Waals surface area contributed by atoms with Gasteiger partial charge in [-0.15, -0.1) is 0 Å². The predicted octanol–water partition coefficient (Wildman–Crippen LogP) is 5.15. The van der Waals surface area contributed by atoms with Crippen LogP contribution in [0.5, 0.6) is 0 Å². The Bertz CT molecular complexity index is 254. The molecule has 1 nitrogen and oxygen atoms in total. The van der Waals surface area contributed by atoms with Crippen LogP contribution in [0.15, 0.2) is 12.7 Å². The molecule has 1 aliphatic carbocycles. The van der Waals surface area contributed by atoms with E-state index in [9.17, 15) is 4.79 Å². The van der Waals surface area contributed by atoms with Crippen LogP contribution in [0.25, 0.3) is 0 Å². The lowest BCUT2D eigenvalue weighted by molar-refractivity contribution is -0.118. The van der Waals surface area contributed by atoms with E-state index in [4.69, 9.17) is 0 Å². The maximum atomic E-state index is 11.7. The van der Waals surface area contributed by atoms with Crippen molar-refractivity contribution in [3.63, 3.8) is 0 Å². The first kappa shape index (κ1) is 15.5. The van der Waals surface area contributed by atoms with Crippen molar-refractivity contribution in [2.75, 3.05) is 0 Å². The minimum Gasteiger partial charge on any atom is -0.295 e. The molecule has 0 saturated heterocycles. The molecule has 1 saturated carbocycles. The van der Waals surface area contributed by atoms with E-state index in [0.29, 0.717) is 0 Å². The van der Waals surface area contributed by atoms with Crippen molar-refractivity contribution in [2.45, 2.75) is 71.6 Å². The smallest absolute Gasteiger partial charge is 0.158 e. The highest BCUT2D eigenvalue weighted by Crippen LogP contribution is 2.29. The summed E-state index contributed by atoms with van der Waals surface area (Å²) in [5, 5.41) is 0. The van der Waals surface area contributed by atoms with Crippen LogP contribution < -0.4 is 0 Å². The van der Waals surface area contributed by atoms with Gasteiger partial charge in [0.15, 0.2) is 5.78 Å². The number of hydrogen-bond acceptors (Lipinski definition) is 1. The van der Waals surface area contributed by atoms with Crippen LogP contribution in [0.4, 0.5) is 0 Å². The molecule has 0 aromatic carbocycles. The summed E-state index contributed by atoms with van der Waals surface area (Å²) in [5.74, 6) is 2.28. The summed E-state index contributed by atoms with van der Waals surface area (Å²) >= 11 is 0. The Morgan fingerprint density at radius 3 is 2.44 bits per heavy atom. The second-order valence-corrected chi connectivity index (χ2v) is 6.36. The topological polar surface area (TPSA) is 17.1 Å². The molecule has 0 heterocycles. The Kier molecular flexibility index (Phi) is 7.31. The second-order valence-electron chi connectivity index (χ2n) is 6.36. The Labute approximate surface area is 113 Å². The molecule has 0 amide bonds. The SMILES string of the molecule is C=CC(=O)C1CCCCC(CCC(C)C)CCC1. The fourth-order valence-corrected chi connectivity index (χ4v) is 3.07. The molecule has 0 bridgehead atoms. The molecule has 0 radical (unpaired) electrons. The van der Waals surface area contributed by atoms with Crippen LogP contribution in [0.1, 0.15) is 71.6 Å². The van der Waals surface area contributed by atoms with Gasteiger partial charge in [-0.2, -0.15) is 0 Å². The van der Waals surface area contributed by atoms with Crippen molar-refractivity contribution in [2.24, 2.45) is 17.8 Å². The molecule has 2 unspecified atom stereocenters. The normalized spacial score (nSPS) is 26.2. The van der Waals surface area contributed by atoms with E-state index in [1.54, 1.807) is 0 Å². The van der Waals surface area contributed by atoms with E-state index < -0.39 is 0 Å². The zero-order valence-electron chi connectivity index (χ0n) is 12.3. The number of ketones is 1. The number of hydrogen-bond donors (Lipinski definition) is 0. The summed E-state index contributed by atoms with van der Waals surface area (Å²) < 4.78 is 0. The van der Waals surface area contributed by atoms with Crippen LogP contribution in [-0.4, -0.2) is 5.78 Å². The standard InChI is InChI=1S/C17H30O/c1-4-17(18)16-10-6-5-8-15(9-7-11-16)13-12-14(2)3/h4,14-16H,1,5-13H2,2-3H3. The fraction of sp³-hybridized carbons (Fsp3) is 0.824. The molecule has 1 heteroatoms. The van der Waals surface area contributed by atoms with Gasteiger partial charge < -0.3 is 0 Å². The van der Waals surface area contributed by atoms with Crippen molar-refractivity contribution >= 4 is 5.78 Å². The van der Waals surface area contributed by atoms with E-state index in [1.165, 1.54) is 51.0 Å². The third-order valence-electron chi connectivity index (χ3n) is 4.34. The van der Waals surface area contributed by atoms with Crippen LogP contribution >= 0.6 is 0 Å². The monoisotopic (exact) mass is 250 g/mol. The van der Waals surface area contributed by atoms with Gasteiger partial charge in [0.1, 0.15) is 0 Å². The summed E-state index contributed by atoms with van der Waals surface area (Å²) in [5.41, 5.74) is 0. The highest BCUT2D eigenvalue weighted by atomic mass is 16.1. The predicted molar refractivity (Wildman–Crippen MR) is 78.6 cm³/mol. The van der Waals surface area contributed by atoms with Gasteiger partial charge in [0.25, 0.3) is 0 Å². The Morgan fingerprint density at radius 1 is 1.17 bits per heavy atom. The Balaban J connectivity index is 2.38. The lowest BCUT2D eigenvalue weighted by atomic mass is 9.89. The third-order valence-corrected chi connectivity index (χ3v) is 4.34. The van der Waals surface area contributed by atoms with Gasteiger partial charge in [0.2, 0.25) is 0 Å². The number of allylic oxidation sites excluding steroid dienone is 1. The van der Waals surface area contributed by atoms with E-state index in [1.807, 2.05) is 0 Å². The third kappa shape index (κ3) is 5.84. The Hall–Kier alpha value is -0.590.